The molecule has 1 saturated heterocycles. The van der Waals surface area contributed by atoms with Crippen LogP contribution in [0.1, 0.15) is 40.9 Å². The predicted octanol–water partition coefficient (Wildman–Crippen LogP) is 2.28. The molecule has 2 heterocycles. The number of fused-ring (bicyclic) bond motifs is 2. The number of hydrogen-bond donors (Lipinski definition) is 2. The van der Waals surface area contributed by atoms with Crippen LogP contribution in [0.5, 0.6) is 0 Å². The summed E-state index contributed by atoms with van der Waals surface area (Å²) in [5, 5.41) is 7.71. The Bertz CT molecular complexity index is 1300. The molecule has 3 amide bonds. The zero-order valence-electron chi connectivity index (χ0n) is 18.8. The fourth-order valence-corrected chi connectivity index (χ4v) is 5.16. The highest BCUT2D eigenvalue weighted by molar-refractivity contribution is 6.04. The molecule has 0 spiro atoms. The number of primary amides is 1. The molecule has 8 nitrogen and oxygen atoms in total. The maximum Gasteiger partial charge on any atom is 0.269 e. The zero-order valence-corrected chi connectivity index (χ0v) is 18.8. The van der Waals surface area contributed by atoms with Gasteiger partial charge in [0.05, 0.1) is 5.52 Å². The monoisotopic (exact) mass is 463 g/mol. The van der Waals surface area contributed by atoms with E-state index in [4.69, 9.17) is 5.73 Å². The number of carbonyl (C=O) groups is 3. The smallest absolute Gasteiger partial charge is 0.269 e. The number of benzene rings is 2. The van der Waals surface area contributed by atoms with Gasteiger partial charge in [-0.05, 0) is 50.3 Å². The number of halogens is 1. The van der Waals surface area contributed by atoms with Crippen molar-refractivity contribution in [1.82, 2.24) is 20.0 Å². The maximum absolute atomic E-state index is 14.0. The van der Waals surface area contributed by atoms with Crippen molar-refractivity contribution in [2.75, 3.05) is 0 Å². The van der Waals surface area contributed by atoms with Crippen LogP contribution in [0.25, 0.3) is 10.9 Å². The lowest BCUT2D eigenvalue weighted by molar-refractivity contribution is -0.142. The molecule has 3 atom stereocenters. The van der Waals surface area contributed by atoms with Gasteiger partial charge in [0.25, 0.3) is 5.91 Å². The molecule has 3 N–H and O–H groups in total. The Hall–Kier alpha value is -3.75. The third-order valence-corrected chi connectivity index (χ3v) is 7.02. The summed E-state index contributed by atoms with van der Waals surface area (Å²) in [4.78, 5) is 40.1. The van der Waals surface area contributed by atoms with Gasteiger partial charge in [-0.25, -0.2) is 4.39 Å². The lowest BCUT2D eigenvalue weighted by atomic mass is 9.80. The molecule has 176 valence electrons. The Labute approximate surface area is 195 Å². The minimum Gasteiger partial charge on any atom is -0.364 e. The fourth-order valence-electron chi connectivity index (χ4n) is 5.16. The summed E-state index contributed by atoms with van der Waals surface area (Å²) < 4.78 is 15.4. The van der Waals surface area contributed by atoms with Crippen LogP contribution in [-0.2, 0) is 22.7 Å². The number of aromatic nitrogens is 2. The van der Waals surface area contributed by atoms with Crippen LogP contribution in [-0.4, -0.2) is 44.5 Å². The molecule has 1 aliphatic carbocycles. The number of hydrogen-bond acceptors (Lipinski definition) is 4. The van der Waals surface area contributed by atoms with E-state index in [0.29, 0.717) is 22.9 Å². The quantitative estimate of drug-likeness (QED) is 0.584. The van der Waals surface area contributed by atoms with Gasteiger partial charge in [0, 0.05) is 23.5 Å². The Balaban J connectivity index is 1.36. The van der Waals surface area contributed by atoms with Crippen LogP contribution in [0.15, 0.2) is 42.5 Å². The molecule has 34 heavy (non-hydrogen) atoms. The molecule has 0 radical (unpaired) electrons. The largest absolute Gasteiger partial charge is 0.364 e. The highest BCUT2D eigenvalue weighted by Crippen LogP contribution is 2.44. The van der Waals surface area contributed by atoms with E-state index in [9.17, 15) is 18.8 Å². The number of aryl methyl sites for hydroxylation is 1. The minimum atomic E-state index is -0.660. The zero-order chi connectivity index (χ0) is 24.0. The van der Waals surface area contributed by atoms with Gasteiger partial charge >= 0.3 is 0 Å². The van der Waals surface area contributed by atoms with Crippen LogP contribution in [0.3, 0.4) is 0 Å². The molecular weight excluding hydrogens is 437 g/mol. The first-order valence-corrected chi connectivity index (χ1v) is 11.4. The van der Waals surface area contributed by atoms with Gasteiger partial charge in [-0.3, -0.25) is 19.1 Å². The number of nitrogens with two attached hydrogens (primary N) is 1. The lowest BCUT2D eigenvalue weighted by Gasteiger charge is -2.37. The summed E-state index contributed by atoms with van der Waals surface area (Å²) in [5.74, 6) is -1.28. The van der Waals surface area contributed by atoms with Crippen LogP contribution >= 0.6 is 0 Å². The highest BCUT2D eigenvalue weighted by atomic mass is 19.1. The minimum absolute atomic E-state index is 0.0105. The summed E-state index contributed by atoms with van der Waals surface area (Å²) in [6.07, 6.45) is 2.41. The third-order valence-electron chi connectivity index (χ3n) is 7.02. The van der Waals surface area contributed by atoms with Crippen molar-refractivity contribution >= 4 is 28.6 Å². The maximum atomic E-state index is 14.0. The molecule has 2 fully saturated rings. The average Bonchev–Trinajstić information content (AvgIpc) is 3.27. The summed E-state index contributed by atoms with van der Waals surface area (Å²) in [7, 11) is 0. The predicted molar refractivity (Wildman–Crippen MR) is 123 cm³/mol. The van der Waals surface area contributed by atoms with Gasteiger partial charge in [0.15, 0.2) is 5.69 Å². The first kappa shape index (κ1) is 22.1. The highest BCUT2D eigenvalue weighted by Gasteiger charge is 2.50. The van der Waals surface area contributed by atoms with Crippen LogP contribution in [0.4, 0.5) is 4.39 Å². The van der Waals surface area contributed by atoms with Crippen LogP contribution < -0.4 is 11.1 Å². The molecule has 9 heteroatoms. The van der Waals surface area contributed by atoms with Crippen molar-refractivity contribution in [2.24, 2.45) is 11.7 Å². The second-order valence-electron chi connectivity index (χ2n) is 9.16. The molecule has 2 aliphatic rings. The second-order valence-corrected chi connectivity index (χ2v) is 9.16. The van der Waals surface area contributed by atoms with E-state index in [1.807, 2.05) is 25.1 Å². The van der Waals surface area contributed by atoms with E-state index in [1.54, 1.807) is 23.1 Å². The third kappa shape index (κ3) is 3.81. The lowest BCUT2D eigenvalue weighted by Crippen LogP contribution is -2.51. The van der Waals surface area contributed by atoms with E-state index in [1.165, 1.54) is 10.7 Å². The first-order valence-electron chi connectivity index (χ1n) is 11.4. The van der Waals surface area contributed by atoms with Crippen LogP contribution in [0, 0.1) is 18.7 Å². The Kier molecular flexibility index (Phi) is 5.55. The van der Waals surface area contributed by atoms with Crippen molar-refractivity contribution in [1.29, 1.82) is 0 Å². The SMILES string of the molecule is Cc1ccc2c(c1)c(C(N)=O)nn2CC(=O)N1[C@@H]2CC[C@@H]2C[C@H]1C(=O)NCc1ccccc1F. The van der Waals surface area contributed by atoms with Gasteiger partial charge in [0.2, 0.25) is 11.8 Å². The van der Waals surface area contributed by atoms with Gasteiger partial charge in [0.1, 0.15) is 18.4 Å². The van der Waals surface area contributed by atoms with E-state index >= 15 is 0 Å². The van der Waals surface area contributed by atoms with Gasteiger partial charge in [-0.2, -0.15) is 5.10 Å². The van der Waals surface area contributed by atoms with Crippen molar-refractivity contribution in [3.8, 4) is 0 Å². The fraction of sp³-hybridized carbons (Fsp3) is 0.360. The molecule has 0 unspecified atom stereocenters. The topological polar surface area (TPSA) is 110 Å². The van der Waals surface area contributed by atoms with Gasteiger partial charge in [-0.15, -0.1) is 0 Å². The number of nitrogens with one attached hydrogen (secondary N) is 1. The number of amides is 3. The molecular formula is C25H26FN5O3. The number of rotatable bonds is 6. The van der Waals surface area contributed by atoms with Crippen molar-refractivity contribution < 1.29 is 18.8 Å². The average molecular weight is 464 g/mol. The molecule has 0 bridgehead atoms. The van der Waals surface area contributed by atoms with Crippen molar-refractivity contribution in [2.45, 2.75) is 51.4 Å². The van der Waals surface area contributed by atoms with Gasteiger partial charge in [-0.1, -0.05) is 29.8 Å². The summed E-state index contributed by atoms with van der Waals surface area (Å²) in [5.41, 5.74) is 7.61. The standard InChI is InChI=1S/C25H26FN5O3/c1-14-6-8-20-17(10-14)23(24(27)33)29-30(20)13-22(32)31-19-9-7-15(19)11-21(31)25(34)28-12-16-4-2-3-5-18(16)26/h2-6,8,10,15,19,21H,7,9,11-13H2,1H3,(H2,27,33)(H,28,34)/t15-,19-,21+/m1/s1. The summed E-state index contributed by atoms with van der Waals surface area (Å²) in [6, 6.07) is 11.2. The van der Waals surface area contributed by atoms with E-state index in [-0.39, 0.29) is 48.4 Å². The molecule has 5 rings (SSSR count). The normalized spacial score (nSPS) is 21.2. The molecule has 2 aromatic carbocycles. The van der Waals surface area contributed by atoms with E-state index in [0.717, 1.165) is 18.4 Å². The van der Waals surface area contributed by atoms with Crippen molar-refractivity contribution in [3.05, 3.63) is 65.1 Å². The Morgan fingerprint density at radius 2 is 1.97 bits per heavy atom. The Morgan fingerprint density at radius 1 is 1.18 bits per heavy atom. The molecule has 1 aromatic heterocycles. The number of likely N-dealkylation sites (tertiary alicyclic amines) is 1. The Morgan fingerprint density at radius 3 is 2.68 bits per heavy atom. The van der Waals surface area contributed by atoms with Crippen molar-refractivity contribution in [3.63, 3.8) is 0 Å². The molecule has 3 aromatic rings. The second kappa shape index (κ2) is 8.55. The van der Waals surface area contributed by atoms with Crippen LogP contribution in [0.2, 0.25) is 0 Å². The first-order chi connectivity index (χ1) is 16.3. The van der Waals surface area contributed by atoms with E-state index < -0.39 is 11.9 Å². The molecule has 1 saturated carbocycles. The molecule has 1 aliphatic heterocycles. The number of carbonyl (C=O) groups excluding carboxylic acids is 3. The van der Waals surface area contributed by atoms with E-state index in [2.05, 4.69) is 10.4 Å². The summed E-state index contributed by atoms with van der Waals surface area (Å²) >= 11 is 0. The van der Waals surface area contributed by atoms with Gasteiger partial charge < -0.3 is 16.0 Å². The summed E-state index contributed by atoms with van der Waals surface area (Å²) in [6.45, 7) is 1.86. The number of nitrogens with zero attached hydrogens (tertiary/aromatic N) is 3.